The predicted molar refractivity (Wildman–Crippen MR) is 58.8 cm³/mol. The van der Waals surface area contributed by atoms with E-state index in [4.69, 9.17) is 28.3 Å². The van der Waals surface area contributed by atoms with Crippen LogP contribution in [0.5, 0.6) is 0 Å². The molecule has 0 aliphatic carbocycles. The van der Waals surface area contributed by atoms with Gasteiger partial charge in [-0.25, -0.2) is 4.79 Å². The molecule has 72 valence electrons. The van der Waals surface area contributed by atoms with Crippen molar-refractivity contribution in [3.8, 4) is 0 Å². The molecule has 0 fully saturated rings. The highest BCUT2D eigenvalue weighted by Gasteiger charge is 2.11. The standard InChI is InChI=1S/C9H4Cl2O2S/c10-5-1-4-2-7(9(12)13)14-8(4)6(11)3-5/h1-3H,(H,12,13). The molecule has 0 unspecified atom stereocenters. The Kier molecular flexibility index (Phi) is 2.39. The van der Waals surface area contributed by atoms with E-state index < -0.39 is 5.97 Å². The van der Waals surface area contributed by atoms with Gasteiger partial charge in [-0.2, -0.15) is 0 Å². The van der Waals surface area contributed by atoms with E-state index in [-0.39, 0.29) is 4.88 Å². The summed E-state index contributed by atoms with van der Waals surface area (Å²) in [5.41, 5.74) is 0. The van der Waals surface area contributed by atoms with Crippen molar-refractivity contribution in [3.05, 3.63) is 33.1 Å². The first-order valence-corrected chi connectivity index (χ1v) is 5.27. The smallest absolute Gasteiger partial charge is 0.345 e. The lowest BCUT2D eigenvalue weighted by Crippen LogP contribution is -1.89. The topological polar surface area (TPSA) is 37.3 Å². The molecule has 1 aromatic carbocycles. The van der Waals surface area contributed by atoms with Crippen LogP contribution >= 0.6 is 34.5 Å². The first kappa shape index (κ1) is 9.77. The molecule has 0 atom stereocenters. The van der Waals surface area contributed by atoms with E-state index >= 15 is 0 Å². The summed E-state index contributed by atoms with van der Waals surface area (Å²) in [5, 5.41) is 10.6. The molecular formula is C9H4Cl2O2S. The van der Waals surface area contributed by atoms with Crippen LogP contribution in [-0.2, 0) is 0 Å². The molecule has 2 rings (SSSR count). The van der Waals surface area contributed by atoms with E-state index in [1.54, 1.807) is 18.2 Å². The van der Waals surface area contributed by atoms with Gasteiger partial charge in [-0.15, -0.1) is 11.3 Å². The molecule has 0 radical (unpaired) electrons. The number of carboxylic acids is 1. The van der Waals surface area contributed by atoms with Crippen LogP contribution in [0.2, 0.25) is 10.0 Å². The summed E-state index contributed by atoms with van der Waals surface area (Å²) in [5.74, 6) is -0.946. The number of thiophene rings is 1. The number of carboxylic acid groups (broad SMARTS) is 1. The van der Waals surface area contributed by atoms with E-state index in [1.165, 1.54) is 0 Å². The van der Waals surface area contributed by atoms with Crippen LogP contribution in [-0.4, -0.2) is 11.1 Å². The molecular weight excluding hydrogens is 243 g/mol. The Morgan fingerprint density at radius 3 is 2.64 bits per heavy atom. The van der Waals surface area contributed by atoms with E-state index in [1.807, 2.05) is 0 Å². The fourth-order valence-electron chi connectivity index (χ4n) is 1.18. The zero-order valence-electron chi connectivity index (χ0n) is 6.75. The minimum absolute atomic E-state index is 0.268. The molecule has 14 heavy (non-hydrogen) atoms. The molecule has 1 aromatic heterocycles. The molecule has 2 aromatic rings. The minimum atomic E-state index is -0.946. The molecule has 2 nitrogen and oxygen atoms in total. The van der Waals surface area contributed by atoms with Gasteiger partial charge in [-0.3, -0.25) is 0 Å². The molecule has 0 aliphatic rings. The summed E-state index contributed by atoms with van der Waals surface area (Å²) in [7, 11) is 0. The van der Waals surface area contributed by atoms with Crippen molar-refractivity contribution in [3.63, 3.8) is 0 Å². The molecule has 0 saturated heterocycles. The van der Waals surface area contributed by atoms with Crippen molar-refractivity contribution in [1.82, 2.24) is 0 Å². The molecule has 0 aliphatic heterocycles. The van der Waals surface area contributed by atoms with E-state index in [0.717, 1.165) is 21.4 Å². The molecule has 5 heteroatoms. The van der Waals surface area contributed by atoms with Crippen LogP contribution in [0.25, 0.3) is 10.1 Å². The fourth-order valence-corrected chi connectivity index (χ4v) is 2.69. The van der Waals surface area contributed by atoms with Crippen molar-refractivity contribution in [2.24, 2.45) is 0 Å². The Hall–Kier alpha value is -0.770. The fraction of sp³-hybridized carbons (Fsp3) is 0. The summed E-state index contributed by atoms with van der Waals surface area (Å²) in [6.07, 6.45) is 0. The molecule has 0 saturated carbocycles. The zero-order chi connectivity index (χ0) is 10.3. The SMILES string of the molecule is O=C(O)c1cc2cc(Cl)cc(Cl)c2s1. The van der Waals surface area contributed by atoms with Gasteiger partial charge in [0.2, 0.25) is 0 Å². The van der Waals surface area contributed by atoms with Gasteiger partial charge < -0.3 is 5.11 Å². The number of carbonyl (C=O) groups is 1. The first-order valence-electron chi connectivity index (χ1n) is 3.70. The zero-order valence-corrected chi connectivity index (χ0v) is 9.08. The third kappa shape index (κ3) is 1.59. The monoisotopic (exact) mass is 246 g/mol. The quantitative estimate of drug-likeness (QED) is 0.829. The van der Waals surface area contributed by atoms with Crippen molar-refractivity contribution in [2.75, 3.05) is 0 Å². The molecule has 0 amide bonds. The predicted octanol–water partition coefficient (Wildman–Crippen LogP) is 3.91. The van der Waals surface area contributed by atoms with Crippen molar-refractivity contribution < 1.29 is 9.90 Å². The number of benzene rings is 1. The Bertz CT molecular complexity index is 519. The second-order valence-corrected chi connectivity index (χ2v) is 4.62. The third-order valence-corrected chi connectivity index (χ3v) is 3.55. The van der Waals surface area contributed by atoms with E-state index in [9.17, 15) is 4.79 Å². The van der Waals surface area contributed by atoms with Crippen LogP contribution in [0.1, 0.15) is 9.67 Å². The number of hydrogen-bond donors (Lipinski definition) is 1. The maximum Gasteiger partial charge on any atom is 0.345 e. The lowest BCUT2D eigenvalue weighted by atomic mass is 10.2. The summed E-state index contributed by atoms with van der Waals surface area (Å²) in [6.45, 7) is 0. The van der Waals surface area contributed by atoms with Gasteiger partial charge in [0.1, 0.15) is 4.88 Å². The summed E-state index contributed by atoms with van der Waals surface area (Å²) in [6, 6.07) is 4.87. The van der Waals surface area contributed by atoms with Gasteiger partial charge in [0.15, 0.2) is 0 Å². The normalized spacial score (nSPS) is 10.7. The number of hydrogen-bond acceptors (Lipinski definition) is 2. The van der Waals surface area contributed by atoms with Gasteiger partial charge >= 0.3 is 5.97 Å². The van der Waals surface area contributed by atoms with Crippen LogP contribution in [0.3, 0.4) is 0 Å². The van der Waals surface area contributed by atoms with Crippen LogP contribution in [0.4, 0.5) is 0 Å². The second-order valence-electron chi connectivity index (χ2n) is 2.72. The Morgan fingerprint density at radius 2 is 2.00 bits per heavy atom. The number of aromatic carboxylic acids is 1. The lowest BCUT2D eigenvalue weighted by Gasteiger charge is -1.93. The van der Waals surface area contributed by atoms with Gasteiger partial charge in [0.05, 0.1) is 9.72 Å². The number of fused-ring (bicyclic) bond motifs is 1. The van der Waals surface area contributed by atoms with Crippen LogP contribution in [0, 0.1) is 0 Å². The largest absolute Gasteiger partial charge is 0.477 e. The average molecular weight is 247 g/mol. The Morgan fingerprint density at radius 1 is 1.29 bits per heavy atom. The molecule has 1 heterocycles. The van der Waals surface area contributed by atoms with Crippen molar-refractivity contribution in [1.29, 1.82) is 0 Å². The minimum Gasteiger partial charge on any atom is -0.477 e. The number of rotatable bonds is 1. The number of halogens is 2. The Balaban J connectivity index is 2.76. The lowest BCUT2D eigenvalue weighted by molar-refractivity contribution is 0.0702. The van der Waals surface area contributed by atoms with Crippen LogP contribution in [0.15, 0.2) is 18.2 Å². The second kappa shape index (κ2) is 3.42. The maximum atomic E-state index is 10.7. The molecule has 1 N–H and O–H groups in total. The first-order chi connectivity index (χ1) is 6.58. The van der Waals surface area contributed by atoms with E-state index in [2.05, 4.69) is 0 Å². The van der Waals surface area contributed by atoms with E-state index in [0.29, 0.717) is 10.0 Å². The van der Waals surface area contributed by atoms with Crippen molar-refractivity contribution in [2.45, 2.75) is 0 Å². The maximum absolute atomic E-state index is 10.7. The molecule has 0 bridgehead atoms. The highest BCUT2D eigenvalue weighted by atomic mass is 35.5. The summed E-state index contributed by atoms with van der Waals surface area (Å²) < 4.78 is 0.758. The summed E-state index contributed by atoms with van der Waals surface area (Å²) >= 11 is 12.8. The van der Waals surface area contributed by atoms with Gasteiger partial charge in [-0.1, -0.05) is 23.2 Å². The highest BCUT2D eigenvalue weighted by molar-refractivity contribution is 7.21. The average Bonchev–Trinajstić information content (AvgIpc) is 2.47. The highest BCUT2D eigenvalue weighted by Crippen LogP contribution is 2.34. The van der Waals surface area contributed by atoms with Crippen molar-refractivity contribution >= 4 is 50.6 Å². The Labute approximate surface area is 93.7 Å². The van der Waals surface area contributed by atoms with Gasteiger partial charge in [-0.05, 0) is 23.6 Å². The van der Waals surface area contributed by atoms with Crippen LogP contribution < -0.4 is 0 Å². The molecule has 0 spiro atoms. The summed E-state index contributed by atoms with van der Waals surface area (Å²) in [4.78, 5) is 11.0. The van der Waals surface area contributed by atoms with Gasteiger partial charge in [0.25, 0.3) is 0 Å². The van der Waals surface area contributed by atoms with Gasteiger partial charge in [0, 0.05) is 5.02 Å². The third-order valence-electron chi connectivity index (χ3n) is 1.75.